The Morgan fingerprint density at radius 3 is 2.52 bits per heavy atom. The number of hydrogen-bond donors (Lipinski definition) is 0. The van der Waals surface area contributed by atoms with E-state index in [2.05, 4.69) is 15.0 Å². The number of alkyl halides is 3. The Kier molecular flexibility index (Phi) is 6.29. The minimum Gasteiger partial charge on any atom is -0.497 e. The van der Waals surface area contributed by atoms with Crippen LogP contribution in [0.3, 0.4) is 0 Å². The average molecular weight is 461 g/mol. The zero-order chi connectivity index (χ0) is 23.8. The number of pyridine rings is 1. The highest BCUT2D eigenvalue weighted by molar-refractivity contribution is 5.85. The summed E-state index contributed by atoms with van der Waals surface area (Å²) in [6.07, 6.45) is -4.52. The van der Waals surface area contributed by atoms with Gasteiger partial charge in [0.15, 0.2) is 5.65 Å². The lowest BCUT2D eigenvalue weighted by atomic mass is 10.1. The molecule has 0 saturated carbocycles. The van der Waals surface area contributed by atoms with Crippen LogP contribution in [0.5, 0.6) is 5.75 Å². The van der Waals surface area contributed by atoms with Gasteiger partial charge in [-0.25, -0.2) is 9.67 Å². The molecule has 176 valence electrons. The van der Waals surface area contributed by atoms with E-state index in [1.165, 1.54) is 18.5 Å². The van der Waals surface area contributed by atoms with Gasteiger partial charge in [0.2, 0.25) is 5.91 Å². The fourth-order valence-corrected chi connectivity index (χ4v) is 4.22. The number of amides is 1. The van der Waals surface area contributed by atoms with Crippen LogP contribution in [0.15, 0.2) is 30.3 Å². The number of carbonyl (C=O) groups excluding carboxylic acids is 1. The molecule has 4 rings (SSSR count). The van der Waals surface area contributed by atoms with Crippen LogP contribution in [-0.4, -0.2) is 63.8 Å². The second kappa shape index (κ2) is 9.01. The number of aryl methyl sites for hydroxylation is 2. The minimum atomic E-state index is -4.52. The van der Waals surface area contributed by atoms with Crippen LogP contribution in [0.4, 0.5) is 13.2 Å². The van der Waals surface area contributed by atoms with Crippen LogP contribution in [0.2, 0.25) is 0 Å². The molecular weight excluding hydrogens is 435 g/mol. The lowest BCUT2D eigenvalue weighted by Crippen LogP contribution is -2.49. The van der Waals surface area contributed by atoms with Gasteiger partial charge in [0.25, 0.3) is 0 Å². The number of fused-ring (bicyclic) bond motifs is 1. The zero-order valence-electron chi connectivity index (χ0n) is 18.8. The quantitative estimate of drug-likeness (QED) is 0.583. The third kappa shape index (κ3) is 4.95. The second-order valence-electron chi connectivity index (χ2n) is 8.26. The number of halogens is 3. The van der Waals surface area contributed by atoms with Gasteiger partial charge in [-0.05, 0) is 37.6 Å². The molecule has 1 amide bonds. The first kappa shape index (κ1) is 23.0. The summed E-state index contributed by atoms with van der Waals surface area (Å²) in [6, 6.07) is 8.89. The number of carbonyl (C=O) groups is 1. The summed E-state index contributed by atoms with van der Waals surface area (Å²) < 4.78 is 47.1. The molecule has 1 aliphatic heterocycles. The topological polar surface area (TPSA) is 63.5 Å². The first-order valence-corrected chi connectivity index (χ1v) is 10.7. The molecule has 3 aromatic rings. The predicted octanol–water partition coefficient (Wildman–Crippen LogP) is 3.42. The summed E-state index contributed by atoms with van der Waals surface area (Å²) in [5.74, 6) is 0.623. The van der Waals surface area contributed by atoms with Gasteiger partial charge in [-0.15, -0.1) is 0 Å². The number of piperazine rings is 1. The van der Waals surface area contributed by atoms with Crippen molar-refractivity contribution in [2.75, 3.05) is 33.3 Å². The molecule has 0 atom stereocenters. The number of ether oxygens (including phenoxy) is 1. The molecule has 1 fully saturated rings. The van der Waals surface area contributed by atoms with Crippen molar-refractivity contribution in [1.82, 2.24) is 24.6 Å². The normalized spacial score (nSPS) is 15.3. The summed E-state index contributed by atoms with van der Waals surface area (Å²) in [5.41, 5.74) is 0.891. The maximum absolute atomic E-state index is 13.5. The molecule has 0 unspecified atom stereocenters. The number of hydrogen-bond acceptors (Lipinski definition) is 5. The molecule has 0 bridgehead atoms. The van der Waals surface area contributed by atoms with E-state index in [1.807, 2.05) is 24.3 Å². The molecule has 10 heteroatoms. The third-order valence-corrected chi connectivity index (χ3v) is 5.86. The van der Waals surface area contributed by atoms with Gasteiger partial charge < -0.3 is 9.64 Å². The highest BCUT2D eigenvalue weighted by Gasteiger charge is 2.35. The Hall–Kier alpha value is -3.14. The monoisotopic (exact) mass is 461 g/mol. The van der Waals surface area contributed by atoms with E-state index in [9.17, 15) is 18.0 Å². The molecule has 0 N–H and O–H groups in total. The van der Waals surface area contributed by atoms with Gasteiger partial charge in [0.1, 0.15) is 12.3 Å². The lowest BCUT2D eigenvalue weighted by molar-refractivity contribution is -0.136. The average Bonchev–Trinajstić information content (AvgIpc) is 3.07. The molecule has 0 aliphatic carbocycles. The summed E-state index contributed by atoms with van der Waals surface area (Å²) in [4.78, 5) is 21.2. The maximum Gasteiger partial charge on any atom is 0.417 e. The van der Waals surface area contributed by atoms with Gasteiger partial charge in [0.05, 0.1) is 23.8 Å². The maximum atomic E-state index is 13.5. The zero-order valence-corrected chi connectivity index (χ0v) is 18.8. The van der Waals surface area contributed by atoms with Crippen LogP contribution in [0, 0.1) is 13.8 Å². The molecule has 1 aliphatic rings. The van der Waals surface area contributed by atoms with Crippen molar-refractivity contribution in [2.45, 2.75) is 33.1 Å². The van der Waals surface area contributed by atoms with E-state index in [-0.39, 0.29) is 34.9 Å². The number of methoxy groups -OCH3 is 1. The van der Waals surface area contributed by atoms with Crippen molar-refractivity contribution < 1.29 is 22.7 Å². The smallest absolute Gasteiger partial charge is 0.417 e. The van der Waals surface area contributed by atoms with Crippen molar-refractivity contribution in [2.24, 2.45) is 0 Å². The summed E-state index contributed by atoms with van der Waals surface area (Å²) in [5, 5.41) is 4.16. The van der Waals surface area contributed by atoms with Gasteiger partial charge in [0, 0.05) is 38.4 Å². The molecule has 2 aromatic heterocycles. The Morgan fingerprint density at radius 2 is 1.85 bits per heavy atom. The standard InChI is InChI=1S/C23H26F3N5O2/c1-15-11-19(23(24,25)26)21-16(2)28-31(22(21)27-15)14-20(32)30-9-7-29(8-10-30)13-17-5-4-6-18(12-17)33-3/h4-6,11-12H,7-10,13-14H2,1-3H3. The Bertz CT molecular complexity index is 1170. The van der Waals surface area contributed by atoms with Crippen LogP contribution in [-0.2, 0) is 24.1 Å². The van der Waals surface area contributed by atoms with Crippen molar-refractivity contribution in [3.8, 4) is 5.75 Å². The van der Waals surface area contributed by atoms with E-state index in [0.717, 1.165) is 23.9 Å². The number of benzene rings is 1. The van der Waals surface area contributed by atoms with Crippen LogP contribution in [0.1, 0.15) is 22.5 Å². The number of rotatable bonds is 5. The molecule has 1 aromatic carbocycles. The SMILES string of the molecule is COc1cccc(CN2CCN(C(=O)Cn3nc(C)c4c(C(F)(F)F)cc(C)nc43)CC2)c1. The Labute approximate surface area is 189 Å². The van der Waals surface area contributed by atoms with Gasteiger partial charge >= 0.3 is 6.18 Å². The molecule has 33 heavy (non-hydrogen) atoms. The van der Waals surface area contributed by atoms with E-state index in [4.69, 9.17) is 4.74 Å². The minimum absolute atomic E-state index is 0.0518. The van der Waals surface area contributed by atoms with E-state index >= 15 is 0 Å². The molecule has 1 saturated heterocycles. The van der Waals surface area contributed by atoms with E-state index < -0.39 is 11.7 Å². The fraction of sp³-hybridized carbons (Fsp3) is 0.435. The highest BCUT2D eigenvalue weighted by Crippen LogP contribution is 2.36. The number of nitrogens with zero attached hydrogens (tertiary/aromatic N) is 5. The Morgan fingerprint density at radius 1 is 1.12 bits per heavy atom. The van der Waals surface area contributed by atoms with E-state index in [0.29, 0.717) is 26.2 Å². The second-order valence-corrected chi connectivity index (χ2v) is 8.26. The largest absolute Gasteiger partial charge is 0.497 e. The molecule has 0 spiro atoms. The molecule has 3 heterocycles. The summed E-state index contributed by atoms with van der Waals surface area (Å²) in [6.45, 7) is 6.12. The van der Waals surface area contributed by atoms with Gasteiger partial charge in [-0.3, -0.25) is 9.69 Å². The fourth-order valence-electron chi connectivity index (χ4n) is 4.22. The van der Waals surface area contributed by atoms with Crippen molar-refractivity contribution in [3.63, 3.8) is 0 Å². The van der Waals surface area contributed by atoms with Crippen molar-refractivity contribution in [3.05, 3.63) is 52.8 Å². The summed E-state index contributed by atoms with van der Waals surface area (Å²) in [7, 11) is 1.63. The van der Waals surface area contributed by atoms with E-state index in [1.54, 1.807) is 12.0 Å². The predicted molar refractivity (Wildman–Crippen MR) is 117 cm³/mol. The van der Waals surface area contributed by atoms with Gasteiger partial charge in [-0.2, -0.15) is 18.3 Å². The molecule has 7 nitrogen and oxygen atoms in total. The Balaban J connectivity index is 1.44. The summed E-state index contributed by atoms with van der Waals surface area (Å²) >= 11 is 0. The van der Waals surface area contributed by atoms with Crippen molar-refractivity contribution >= 4 is 16.9 Å². The molecular formula is C23H26F3N5O2. The number of aromatic nitrogens is 3. The third-order valence-electron chi connectivity index (χ3n) is 5.86. The van der Waals surface area contributed by atoms with Gasteiger partial charge in [-0.1, -0.05) is 12.1 Å². The first-order chi connectivity index (χ1) is 15.7. The van der Waals surface area contributed by atoms with Crippen LogP contribution >= 0.6 is 0 Å². The van der Waals surface area contributed by atoms with Crippen LogP contribution < -0.4 is 4.74 Å². The highest BCUT2D eigenvalue weighted by atomic mass is 19.4. The first-order valence-electron chi connectivity index (χ1n) is 10.7. The molecule has 0 radical (unpaired) electrons. The lowest BCUT2D eigenvalue weighted by Gasteiger charge is -2.34. The van der Waals surface area contributed by atoms with Crippen molar-refractivity contribution in [1.29, 1.82) is 0 Å². The van der Waals surface area contributed by atoms with Crippen LogP contribution in [0.25, 0.3) is 11.0 Å².